The van der Waals surface area contributed by atoms with Gasteiger partial charge in [0.05, 0.1) is 28.6 Å². The van der Waals surface area contributed by atoms with E-state index in [1.807, 2.05) is 30.9 Å². The minimum Gasteiger partial charge on any atom is -0.351 e. The summed E-state index contributed by atoms with van der Waals surface area (Å²) in [5, 5.41) is 12.4. The fraction of sp³-hybridized carbons (Fsp3) is 0.417. The average Bonchev–Trinajstić information content (AvgIpc) is 3.24. The van der Waals surface area contributed by atoms with Gasteiger partial charge in [-0.1, -0.05) is 32.0 Å². The van der Waals surface area contributed by atoms with Gasteiger partial charge < -0.3 is 16.0 Å². The molecule has 8 nitrogen and oxygen atoms in total. The van der Waals surface area contributed by atoms with E-state index in [-0.39, 0.29) is 24.1 Å². The zero-order valence-corrected chi connectivity index (χ0v) is 19.7. The Kier molecular flexibility index (Phi) is 6.77. The number of piperidine rings is 1. The predicted octanol–water partition coefficient (Wildman–Crippen LogP) is 2.69. The van der Waals surface area contributed by atoms with E-state index in [2.05, 4.69) is 11.4 Å². The van der Waals surface area contributed by atoms with Crippen LogP contribution < -0.4 is 21.5 Å². The second-order valence-corrected chi connectivity index (χ2v) is 9.90. The first kappa shape index (κ1) is 23.0. The number of carbonyl (C=O) groups excluding carboxylic acids is 1. The Morgan fingerprint density at radius 1 is 1.39 bits per heavy atom. The maximum absolute atomic E-state index is 13.6. The lowest BCUT2D eigenvalue weighted by atomic mass is 10.1. The van der Waals surface area contributed by atoms with Crippen molar-refractivity contribution in [2.45, 2.75) is 39.3 Å². The quantitative estimate of drug-likeness (QED) is 0.579. The molecule has 172 valence electrons. The molecule has 0 saturated carbocycles. The van der Waals surface area contributed by atoms with Gasteiger partial charge in [-0.3, -0.25) is 14.2 Å². The maximum Gasteiger partial charge on any atom is 0.273 e. The number of nitrogens with two attached hydrogens (primary N) is 1. The Bertz CT molecular complexity index is 1270. The van der Waals surface area contributed by atoms with Crippen molar-refractivity contribution in [3.8, 4) is 6.07 Å². The van der Waals surface area contributed by atoms with E-state index in [1.54, 1.807) is 22.8 Å². The molecular formula is C24H28N6O2S. The van der Waals surface area contributed by atoms with Crippen molar-refractivity contribution in [1.82, 2.24) is 14.9 Å². The van der Waals surface area contributed by atoms with Gasteiger partial charge >= 0.3 is 0 Å². The molecule has 3 aromatic rings. The molecular weight excluding hydrogens is 436 g/mol. The Balaban J connectivity index is 1.81. The second kappa shape index (κ2) is 9.73. The van der Waals surface area contributed by atoms with E-state index in [1.165, 1.54) is 0 Å². The number of anilines is 1. The Hall–Kier alpha value is -3.22. The summed E-state index contributed by atoms with van der Waals surface area (Å²) in [6, 6.07) is 11.1. The summed E-state index contributed by atoms with van der Waals surface area (Å²) < 4.78 is 2.05. The molecule has 9 heteroatoms. The molecule has 1 atom stereocenters. The lowest BCUT2D eigenvalue weighted by Gasteiger charge is -2.33. The number of hydrogen-bond acceptors (Lipinski definition) is 7. The Labute approximate surface area is 196 Å². The summed E-state index contributed by atoms with van der Waals surface area (Å²) in [6.07, 6.45) is 1.84. The first-order chi connectivity index (χ1) is 15.9. The summed E-state index contributed by atoms with van der Waals surface area (Å²) in [5.74, 6) is 0.658. The fourth-order valence-corrected chi connectivity index (χ4v) is 4.97. The molecule has 4 rings (SSSR count). The van der Waals surface area contributed by atoms with Crippen LogP contribution in [0.4, 0.5) is 5.95 Å². The highest BCUT2D eigenvalue weighted by molar-refractivity contribution is 7.20. The lowest BCUT2D eigenvalue weighted by Crippen LogP contribution is -2.45. The second-order valence-electron chi connectivity index (χ2n) is 8.85. The minimum absolute atomic E-state index is 0.00559. The molecule has 1 amide bonds. The van der Waals surface area contributed by atoms with Crippen LogP contribution in [0.1, 0.15) is 47.5 Å². The number of nitrogens with one attached hydrogen (secondary N) is 1. The summed E-state index contributed by atoms with van der Waals surface area (Å²) in [6.45, 7) is 6.19. The lowest BCUT2D eigenvalue weighted by molar-refractivity contribution is 0.0953. The van der Waals surface area contributed by atoms with E-state index >= 15 is 0 Å². The molecule has 1 saturated heterocycles. The molecule has 1 fully saturated rings. The van der Waals surface area contributed by atoms with Crippen LogP contribution in [-0.2, 0) is 6.54 Å². The average molecular weight is 465 g/mol. The molecule has 3 heterocycles. The minimum atomic E-state index is -0.213. The van der Waals surface area contributed by atoms with Crippen LogP contribution in [0.5, 0.6) is 0 Å². The van der Waals surface area contributed by atoms with Crippen molar-refractivity contribution >= 4 is 33.4 Å². The maximum atomic E-state index is 13.6. The highest BCUT2D eigenvalue weighted by Crippen LogP contribution is 2.26. The molecule has 0 unspecified atom stereocenters. The van der Waals surface area contributed by atoms with Crippen molar-refractivity contribution in [2.24, 2.45) is 11.7 Å². The molecule has 33 heavy (non-hydrogen) atoms. The number of fused-ring (bicyclic) bond motifs is 1. The van der Waals surface area contributed by atoms with E-state index in [0.29, 0.717) is 45.6 Å². The third kappa shape index (κ3) is 4.92. The monoisotopic (exact) mass is 464 g/mol. The Morgan fingerprint density at radius 3 is 2.91 bits per heavy atom. The van der Waals surface area contributed by atoms with Crippen LogP contribution in [0, 0.1) is 17.2 Å². The smallest absolute Gasteiger partial charge is 0.273 e. The SMILES string of the molecule is CC(C)CNC(=O)c1cc2nc(N3CCC[C@@H](N)C3)n(Cc3ccccc3C#N)c(=O)c2s1. The highest BCUT2D eigenvalue weighted by Gasteiger charge is 2.24. The number of nitrogens with zero attached hydrogens (tertiary/aromatic N) is 4. The van der Waals surface area contributed by atoms with Crippen LogP contribution in [0.3, 0.4) is 0 Å². The standard InChI is InChI=1S/C24H28N6O2S/c1-15(2)12-27-22(31)20-10-19-21(33-20)23(32)30(13-17-7-4-3-6-16(17)11-25)24(28-19)29-9-5-8-18(26)14-29/h3-4,6-7,10,15,18H,5,8-9,12-14,26H2,1-2H3,(H,27,31)/t18-/m1/s1. The van der Waals surface area contributed by atoms with E-state index in [9.17, 15) is 14.9 Å². The topological polar surface area (TPSA) is 117 Å². The summed E-state index contributed by atoms with van der Waals surface area (Å²) in [5.41, 5.74) is 7.78. The van der Waals surface area contributed by atoms with Crippen LogP contribution in [-0.4, -0.2) is 41.1 Å². The number of benzene rings is 1. The molecule has 1 aliphatic rings. The van der Waals surface area contributed by atoms with Gasteiger partial charge in [0.25, 0.3) is 11.5 Å². The van der Waals surface area contributed by atoms with Gasteiger partial charge in [0, 0.05) is 25.7 Å². The van der Waals surface area contributed by atoms with Gasteiger partial charge in [0.2, 0.25) is 5.95 Å². The normalized spacial score (nSPS) is 16.2. The number of amides is 1. The molecule has 0 radical (unpaired) electrons. The predicted molar refractivity (Wildman–Crippen MR) is 131 cm³/mol. The van der Waals surface area contributed by atoms with E-state index in [4.69, 9.17) is 10.7 Å². The van der Waals surface area contributed by atoms with Crippen LogP contribution >= 0.6 is 11.3 Å². The van der Waals surface area contributed by atoms with Crippen molar-refractivity contribution < 1.29 is 4.79 Å². The van der Waals surface area contributed by atoms with E-state index in [0.717, 1.165) is 36.3 Å². The molecule has 0 bridgehead atoms. The molecule has 1 aromatic carbocycles. The van der Waals surface area contributed by atoms with Crippen LogP contribution in [0.15, 0.2) is 35.1 Å². The summed E-state index contributed by atoms with van der Waals surface area (Å²) in [4.78, 5) is 33.6. The number of aromatic nitrogens is 2. The van der Waals surface area contributed by atoms with Gasteiger partial charge in [-0.15, -0.1) is 11.3 Å². The zero-order valence-electron chi connectivity index (χ0n) is 18.9. The molecule has 2 aromatic heterocycles. The first-order valence-electron chi connectivity index (χ1n) is 11.2. The highest BCUT2D eigenvalue weighted by atomic mass is 32.1. The van der Waals surface area contributed by atoms with Crippen molar-refractivity contribution in [1.29, 1.82) is 5.26 Å². The summed E-state index contributed by atoms with van der Waals surface area (Å²) >= 11 is 1.16. The van der Waals surface area contributed by atoms with Gasteiger partial charge in [-0.25, -0.2) is 4.98 Å². The van der Waals surface area contributed by atoms with Crippen molar-refractivity contribution in [3.05, 3.63) is 56.7 Å². The van der Waals surface area contributed by atoms with Gasteiger partial charge in [0.1, 0.15) is 4.70 Å². The zero-order chi connectivity index (χ0) is 23.5. The third-order valence-electron chi connectivity index (χ3n) is 5.72. The number of rotatable bonds is 6. The number of thiophene rings is 1. The van der Waals surface area contributed by atoms with Crippen LogP contribution in [0.25, 0.3) is 10.2 Å². The Morgan fingerprint density at radius 2 is 2.18 bits per heavy atom. The molecule has 3 N–H and O–H groups in total. The third-order valence-corrected chi connectivity index (χ3v) is 6.83. The van der Waals surface area contributed by atoms with E-state index < -0.39 is 0 Å². The number of nitriles is 1. The molecule has 1 aliphatic heterocycles. The molecule has 0 aliphatic carbocycles. The summed E-state index contributed by atoms with van der Waals surface area (Å²) in [7, 11) is 0. The van der Waals surface area contributed by atoms with Gasteiger partial charge in [-0.2, -0.15) is 5.26 Å². The van der Waals surface area contributed by atoms with Gasteiger partial charge in [0.15, 0.2) is 0 Å². The van der Waals surface area contributed by atoms with Gasteiger partial charge in [-0.05, 0) is 36.5 Å². The van der Waals surface area contributed by atoms with Crippen molar-refractivity contribution in [3.63, 3.8) is 0 Å². The fourth-order valence-electron chi connectivity index (χ4n) is 4.01. The molecule has 0 spiro atoms. The first-order valence-corrected chi connectivity index (χ1v) is 12.0. The number of hydrogen-bond donors (Lipinski definition) is 2. The largest absolute Gasteiger partial charge is 0.351 e. The number of carbonyl (C=O) groups is 1. The van der Waals surface area contributed by atoms with Crippen LogP contribution in [0.2, 0.25) is 0 Å². The van der Waals surface area contributed by atoms with Crippen molar-refractivity contribution in [2.75, 3.05) is 24.5 Å².